The fourth-order valence-electron chi connectivity index (χ4n) is 2.35. The molecular weight excluding hydrogens is 279 g/mol. The minimum absolute atomic E-state index is 0.0158. The van der Waals surface area contributed by atoms with E-state index in [1.54, 1.807) is 18.2 Å². The number of nitrogens with zero attached hydrogens (tertiary/aromatic N) is 1. The SMILES string of the molecule is Oc1c(Cl)cccc1CN1CCC(C(F)(F)F)CC1. The van der Waals surface area contributed by atoms with Gasteiger partial charge in [0.05, 0.1) is 10.9 Å². The van der Waals surface area contributed by atoms with Crippen LogP contribution in [0.1, 0.15) is 18.4 Å². The Hall–Kier alpha value is -0.940. The number of aromatic hydroxyl groups is 1. The Morgan fingerprint density at radius 2 is 1.89 bits per heavy atom. The van der Waals surface area contributed by atoms with Crippen molar-refractivity contribution in [3.63, 3.8) is 0 Å². The fourth-order valence-corrected chi connectivity index (χ4v) is 2.54. The van der Waals surface area contributed by atoms with E-state index in [0.29, 0.717) is 25.2 Å². The van der Waals surface area contributed by atoms with Crippen LogP contribution in [-0.4, -0.2) is 29.3 Å². The molecule has 1 saturated heterocycles. The average Bonchev–Trinajstić information content (AvgIpc) is 2.35. The van der Waals surface area contributed by atoms with Gasteiger partial charge in [0.15, 0.2) is 0 Å². The molecule has 1 heterocycles. The van der Waals surface area contributed by atoms with Crippen molar-refractivity contribution >= 4 is 11.6 Å². The van der Waals surface area contributed by atoms with E-state index in [1.165, 1.54) is 0 Å². The maximum absolute atomic E-state index is 12.5. The van der Waals surface area contributed by atoms with Crippen molar-refractivity contribution in [1.82, 2.24) is 4.90 Å². The molecule has 1 N–H and O–H groups in total. The zero-order chi connectivity index (χ0) is 14.0. The molecule has 2 nitrogen and oxygen atoms in total. The van der Waals surface area contributed by atoms with E-state index in [2.05, 4.69) is 0 Å². The number of phenols is 1. The summed E-state index contributed by atoms with van der Waals surface area (Å²) in [5.41, 5.74) is 0.651. The van der Waals surface area contributed by atoms with E-state index in [-0.39, 0.29) is 23.6 Å². The van der Waals surface area contributed by atoms with Crippen molar-refractivity contribution in [3.8, 4) is 5.75 Å². The Bertz CT molecular complexity index is 442. The van der Waals surface area contributed by atoms with E-state index in [0.717, 1.165) is 0 Å². The van der Waals surface area contributed by atoms with Gasteiger partial charge in [-0.15, -0.1) is 0 Å². The molecule has 1 aromatic carbocycles. The predicted molar refractivity (Wildman–Crippen MR) is 67.2 cm³/mol. The summed E-state index contributed by atoms with van der Waals surface area (Å²) in [6.45, 7) is 1.20. The van der Waals surface area contributed by atoms with Gasteiger partial charge in [-0.3, -0.25) is 4.90 Å². The maximum atomic E-state index is 12.5. The highest BCUT2D eigenvalue weighted by molar-refractivity contribution is 6.32. The number of alkyl halides is 3. The van der Waals surface area contributed by atoms with Crippen LogP contribution in [0, 0.1) is 5.92 Å². The first-order valence-electron chi connectivity index (χ1n) is 6.13. The zero-order valence-electron chi connectivity index (χ0n) is 10.3. The van der Waals surface area contributed by atoms with E-state index in [4.69, 9.17) is 11.6 Å². The predicted octanol–water partition coefficient (Wildman–Crippen LogP) is 3.82. The van der Waals surface area contributed by atoms with Crippen LogP contribution in [0.3, 0.4) is 0 Å². The van der Waals surface area contributed by atoms with Crippen LogP contribution in [0.15, 0.2) is 18.2 Å². The molecule has 0 aliphatic carbocycles. The smallest absolute Gasteiger partial charge is 0.391 e. The molecule has 106 valence electrons. The Morgan fingerprint density at radius 3 is 2.47 bits per heavy atom. The van der Waals surface area contributed by atoms with E-state index in [9.17, 15) is 18.3 Å². The number of phenolic OH excluding ortho intramolecular Hbond substituents is 1. The molecule has 0 spiro atoms. The van der Waals surface area contributed by atoms with E-state index < -0.39 is 12.1 Å². The second kappa shape index (κ2) is 5.59. The number of hydrogen-bond donors (Lipinski definition) is 1. The van der Waals surface area contributed by atoms with Crippen molar-refractivity contribution in [3.05, 3.63) is 28.8 Å². The molecule has 1 aromatic rings. The summed E-state index contributed by atoms with van der Waals surface area (Å²) in [4.78, 5) is 1.91. The quantitative estimate of drug-likeness (QED) is 0.896. The third-order valence-corrected chi connectivity index (χ3v) is 3.82. The van der Waals surface area contributed by atoms with Crippen molar-refractivity contribution < 1.29 is 18.3 Å². The van der Waals surface area contributed by atoms with Crippen LogP contribution < -0.4 is 0 Å². The molecule has 1 fully saturated rings. The largest absolute Gasteiger partial charge is 0.506 e. The number of para-hydroxylation sites is 1. The van der Waals surface area contributed by atoms with Crippen LogP contribution >= 0.6 is 11.6 Å². The summed E-state index contributed by atoms with van der Waals surface area (Å²) in [6, 6.07) is 5.03. The van der Waals surface area contributed by atoms with Gasteiger partial charge in [-0.1, -0.05) is 23.7 Å². The number of rotatable bonds is 2. The molecule has 0 atom stereocenters. The van der Waals surface area contributed by atoms with Crippen molar-refractivity contribution in [2.24, 2.45) is 5.92 Å². The normalized spacial score (nSPS) is 18.7. The summed E-state index contributed by atoms with van der Waals surface area (Å²) in [5, 5.41) is 10.0. The van der Waals surface area contributed by atoms with Gasteiger partial charge in [0.1, 0.15) is 5.75 Å². The monoisotopic (exact) mass is 293 g/mol. The van der Waals surface area contributed by atoms with Gasteiger partial charge in [-0.05, 0) is 32.0 Å². The highest BCUT2D eigenvalue weighted by atomic mass is 35.5. The lowest BCUT2D eigenvalue weighted by Gasteiger charge is -2.33. The molecule has 1 aliphatic rings. The third kappa shape index (κ3) is 3.54. The minimum Gasteiger partial charge on any atom is -0.506 e. The first kappa shape index (κ1) is 14.5. The molecule has 0 aromatic heterocycles. The third-order valence-electron chi connectivity index (χ3n) is 3.51. The second-order valence-corrected chi connectivity index (χ2v) is 5.25. The van der Waals surface area contributed by atoms with E-state index >= 15 is 0 Å². The fraction of sp³-hybridized carbons (Fsp3) is 0.538. The van der Waals surface area contributed by atoms with Gasteiger partial charge < -0.3 is 5.11 Å². The van der Waals surface area contributed by atoms with Gasteiger partial charge in [-0.25, -0.2) is 0 Å². The summed E-state index contributed by atoms with van der Waals surface area (Å²) in [5.74, 6) is -1.18. The van der Waals surface area contributed by atoms with Crippen LogP contribution in [-0.2, 0) is 6.54 Å². The zero-order valence-corrected chi connectivity index (χ0v) is 11.0. The molecule has 0 unspecified atom stereocenters. The lowest BCUT2D eigenvalue weighted by Crippen LogP contribution is -2.38. The highest BCUT2D eigenvalue weighted by Gasteiger charge is 2.40. The summed E-state index contributed by atoms with van der Waals surface area (Å²) in [6.07, 6.45) is -3.86. The Labute approximate surface area is 114 Å². The van der Waals surface area contributed by atoms with Crippen LogP contribution in [0.5, 0.6) is 5.75 Å². The van der Waals surface area contributed by atoms with Gasteiger partial charge in [-0.2, -0.15) is 13.2 Å². The van der Waals surface area contributed by atoms with Gasteiger partial charge >= 0.3 is 6.18 Å². The standard InChI is InChI=1S/C13H15ClF3NO/c14-11-3-1-2-9(12(11)19)8-18-6-4-10(5-7-18)13(15,16)17/h1-3,10,19H,4-8H2. The highest BCUT2D eigenvalue weighted by Crippen LogP contribution is 2.35. The number of hydrogen-bond acceptors (Lipinski definition) is 2. The van der Waals surface area contributed by atoms with Crippen molar-refractivity contribution in [2.45, 2.75) is 25.6 Å². The molecule has 19 heavy (non-hydrogen) atoms. The Balaban J connectivity index is 1.94. The Morgan fingerprint density at radius 1 is 1.26 bits per heavy atom. The van der Waals surface area contributed by atoms with Crippen LogP contribution in [0.4, 0.5) is 13.2 Å². The first-order chi connectivity index (χ1) is 8.88. The van der Waals surface area contributed by atoms with Gasteiger partial charge in [0.2, 0.25) is 0 Å². The first-order valence-corrected chi connectivity index (χ1v) is 6.51. The van der Waals surface area contributed by atoms with Crippen molar-refractivity contribution in [2.75, 3.05) is 13.1 Å². The molecule has 1 aliphatic heterocycles. The lowest BCUT2D eigenvalue weighted by molar-refractivity contribution is -0.185. The molecule has 0 bridgehead atoms. The van der Waals surface area contributed by atoms with Gasteiger partial charge in [0.25, 0.3) is 0 Å². The summed E-state index contributed by atoms with van der Waals surface area (Å²) in [7, 11) is 0. The number of likely N-dealkylation sites (tertiary alicyclic amines) is 1. The lowest BCUT2D eigenvalue weighted by atomic mass is 9.96. The maximum Gasteiger partial charge on any atom is 0.391 e. The van der Waals surface area contributed by atoms with Crippen molar-refractivity contribution in [1.29, 1.82) is 0 Å². The summed E-state index contributed by atoms with van der Waals surface area (Å²) < 4.78 is 37.6. The summed E-state index contributed by atoms with van der Waals surface area (Å²) >= 11 is 5.80. The Kier molecular flexibility index (Phi) is 4.26. The number of piperidine rings is 1. The molecular formula is C13H15ClF3NO. The molecule has 2 rings (SSSR count). The number of halogens is 4. The molecule has 0 amide bonds. The van der Waals surface area contributed by atoms with Crippen LogP contribution in [0.2, 0.25) is 5.02 Å². The van der Waals surface area contributed by atoms with Gasteiger partial charge in [0, 0.05) is 12.1 Å². The molecule has 0 radical (unpaired) electrons. The average molecular weight is 294 g/mol. The molecule has 6 heteroatoms. The van der Waals surface area contributed by atoms with Crippen LogP contribution in [0.25, 0.3) is 0 Å². The second-order valence-electron chi connectivity index (χ2n) is 4.84. The molecule has 0 saturated carbocycles. The van der Waals surface area contributed by atoms with E-state index in [1.807, 2.05) is 4.90 Å². The minimum atomic E-state index is -4.09. The number of benzene rings is 1. The topological polar surface area (TPSA) is 23.5 Å².